The molecule has 4 heteroatoms. The molecule has 1 heterocycles. The zero-order valence-corrected chi connectivity index (χ0v) is 8.86. The van der Waals surface area contributed by atoms with Crippen LogP contribution in [0.15, 0.2) is 18.3 Å². The Morgan fingerprint density at radius 1 is 1.50 bits per heavy atom. The molecule has 1 rings (SSSR count). The van der Waals surface area contributed by atoms with Gasteiger partial charge in [-0.2, -0.15) is 0 Å². The van der Waals surface area contributed by atoms with Gasteiger partial charge < -0.3 is 15.7 Å². The summed E-state index contributed by atoms with van der Waals surface area (Å²) >= 11 is 0. The van der Waals surface area contributed by atoms with Gasteiger partial charge >= 0.3 is 0 Å². The lowest BCUT2D eigenvalue weighted by Gasteiger charge is -2.35. The number of pyridine rings is 1. The number of nitrogens with two attached hydrogens (primary N) is 1. The Kier molecular flexibility index (Phi) is 2.96. The molecule has 0 aliphatic rings. The van der Waals surface area contributed by atoms with Crippen LogP contribution in [0.25, 0.3) is 0 Å². The van der Waals surface area contributed by atoms with Gasteiger partial charge in [-0.1, -0.05) is 0 Å². The van der Waals surface area contributed by atoms with E-state index < -0.39 is 0 Å². The minimum absolute atomic E-state index is 0.0911. The number of hydrogen-bond acceptors (Lipinski definition) is 4. The molecule has 0 spiro atoms. The fourth-order valence-electron chi connectivity index (χ4n) is 1.05. The van der Waals surface area contributed by atoms with Crippen molar-refractivity contribution in [3.63, 3.8) is 0 Å². The van der Waals surface area contributed by atoms with Crippen LogP contribution in [0.1, 0.15) is 13.8 Å². The first-order valence-corrected chi connectivity index (χ1v) is 4.53. The van der Waals surface area contributed by atoms with E-state index in [0.29, 0.717) is 5.82 Å². The molecule has 0 saturated carbocycles. The van der Waals surface area contributed by atoms with E-state index in [-0.39, 0.29) is 12.1 Å². The van der Waals surface area contributed by atoms with Gasteiger partial charge in [-0.15, -0.1) is 0 Å². The predicted octanol–water partition coefficient (Wildman–Crippen LogP) is 0.871. The molecule has 3 N–H and O–H groups in total. The van der Waals surface area contributed by atoms with E-state index in [4.69, 9.17) is 5.73 Å². The Bertz CT molecular complexity index is 295. The number of nitrogens with zero attached hydrogens (tertiary/aromatic N) is 2. The summed E-state index contributed by atoms with van der Waals surface area (Å²) < 4.78 is 0. The predicted molar refractivity (Wildman–Crippen MR) is 58.2 cm³/mol. The van der Waals surface area contributed by atoms with Gasteiger partial charge in [0.1, 0.15) is 5.82 Å². The second kappa shape index (κ2) is 3.84. The second-order valence-electron chi connectivity index (χ2n) is 3.97. The van der Waals surface area contributed by atoms with Crippen molar-refractivity contribution in [3.8, 4) is 0 Å². The van der Waals surface area contributed by atoms with Crippen molar-refractivity contribution < 1.29 is 5.11 Å². The van der Waals surface area contributed by atoms with Gasteiger partial charge in [-0.05, 0) is 26.0 Å². The molecule has 0 radical (unpaired) electrons. The van der Waals surface area contributed by atoms with Gasteiger partial charge in [0.05, 0.1) is 24.0 Å². The SMILES string of the molecule is CN(c1ccc(N)nc1)C(C)(C)CO. The van der Waals surface area contributed by atoms with E-state index in [1.54, 1.807) is 12.3 Å². The molecule has 0 fully saturated rings. The topological polar surface area (TPSA) is 62.4 Å². The highest BCUT2D eigenvalue weighted by molar-refractivity contribution is 5.49. The van der Waals surface area contributed by atoms with Crippen molar-refractivity contribution >= 4 is 11.5 Å². The third-order valence-electron chi connectivity index (χ3n) is 2.45. The second-order valence-corrected chi connectivity index (χ2v) is 3.97. The standard InChI is InChI=1S/C10H17N3O/c1-10(2,7-14)13(3)8-4-5-9(11)12-6-8/h4-6,14H,7H2,1-3H3,(H2,11,12). The highest BCUT2D eigenvalue weighted by Crippen LogP contribution is 2.21. The van der Waals surface area contributed by atoms with E-state index in [2.05, 4.69) is 4.98 Å². The number of aromatic nitrogens is 1. The van der Waals surface area contributed by atoms with E-state index >= 15 is 0 Å². The average molecular weight is 195 g/mol. The van der Waals surface area contributed by atoms with Crippen LogP contribution in [-0.2, 0) is 0 Å². The van der Waals surface area contributed by atoms with Crippen LogP contribution < -0.4 is 10.6 Å². The summed E-state index contributed by atoms with van der Waals surface area (Å²) in [6.45, 7) is 4.01. The number of anilines is 2. The van der Waals surface area contributed by atoms with Gasteiger partial charge in [-0.25, -0.2) is 4.98 Å². The summed E-state index contributed by atoms with van der Waals surface area (Å²) in [5.41, 5.74) is 6.14. The van der Waals surface area contributed by atoms with Crippen molar-refractivity contribution in [2.45, 2.75) is 19.4 Å². The molecule has 0 bridgehead atoms. The third kappa shape index (κ3) is 2.14. The van der Waals surface area contributed by atoms with Gasteiger partial charge in [0.2, 0.25) is 0 Å². The fraction of sp³-hybridized carbons (Fsp3) is 0.500. The summed E-state index contributed by atoms with van der Waals surface area (Å²) in [4.78, 5) is 5.97. The fourth-order valence-corrected chi connectivity index (χ4v) is 1.05. The van der Waals surface area contributed by atoms with Crippen molar-refractivity contribution in [2.75, 3.05) is 24.3 Å². The van der Waals surface area contributed by atoms with Crippen molar-refractivity contribution in [2.24, 2.45) is 0 Å². The maximum absolute atomic E-state index is 9.19. The van der Waals surface area contributed by atoms with Crippen LogP contribution >= 0.6 is 0 Å². The first kappa shape index (κ1) is 10.8. The van der Waals surface area contributed by atoms with Crippen LogP contribution in [0, 0.1) is 0 Å². The Morgan fingerprint density at radius 3 is 2.57 bits per heavy atom. The molecular formula is C10H17N3O. The molecule has 0 aliphatic heterocycles. The quantitative estimate of drug-likeness (QED) is 0.751. The lowest BCUT2D eigenvalue weighted by Crippen LogP contribution is -2.44. The van der Waals surface area contributed by atoms with E-state index in [1.807, 2.05) is 31.9 Å². The molecule has 0 aromatic carbocycles. The molecule has 0 saturated heterocycles. The third-order valence-corrected chi connectivity index (χ3v) is 2.45. The smallest absolute Gasteiger partial charge is 0.123 e. The van der Waals surface area contributed by atoms with Gasteiger partial charge in [-0.3, -0.25) is 0 Å². The monoisotopic (exact) mass is 195 g/mol. The van der Waals surface area contributed by atoms with Crippen molar-refractivity contribution in [3.05, 3.63) is 18.3 Å². The maximum Gasteiger partial charge on any atom is 0.123 e. The maximum atomic E-state index is 9.19. The zero-order valence-electron chi connectivity index (χ0n) is 8.86. The molecule has 0 atom stereocenters. The Morgan fingerprint density at radius 2 is 2.14 bits per heavy atom. The van der Waals surface area contributed by atoms with Crippen LogP contribution in [0.4, 0.5) is 11.5 Å². The average Bonchev–Trinajstić information content (AvgIpc) is 2.18. The number of likely N-dealkylation sites (N-methyl/N-ethyl adjacent to an activating group) is 1. The zero-order chi connectivity index (χ0) is 10.8. The van der Waals surface area contributed by atoms with Gasteiger partial charge in [0.25, 0.3) is 0 Å². The molecule has 0 unspecified atom stereocenters. The minimum atomic E-state index is -0.294. The van der Waals surface area contributed by atoms with E-state index in [1.165, 1.54) is 0 Å². The summed E-state index contributed by atoms with van der Waals surface area (Å²) in [7, 11) is 1.92. The Labute approximate surface area is 84.4 Å². The number of nitrogen functional groups attached to an aromatic ring is 1. The van der Waals surface area contributed by atoms with Gasteiger partial charge in [0, 0.05) is 7.05 Å². The van der Waals surface area contributed by atoms with Crippen molar-refractivity contribution in [1.29, 1.82) is 0 Å². The summed E-state index contributed by atoms with van der Waals surface area (Å²) in [5.74, 6) is 0.504. The Balaban J connectivity index is 2.89. The summed E-state index contributed by atoms with van der Waals surface area (Å²) in [6, 6.07) is 3.64. The number of aliphatic hydroxyl groups is 1. The van der Waals surface area contributed by atoms with Gasteiger partial charge in [0.15, 0.2) is 0 Å². The van der Waals surface area contributed by atoms with Crippen LogP contribution in [0.3, 0.4) is 0 Å². The molecule has 1 aromatic heterocycles. The Hall–Kier alpha value is -1.29. The highest BCUT2D eigenvalue weighted by atomic mass is 16.3. The first-order chi connectivity index (χ1) is 6.47. The molecule has 0 amide bonds. The molecule has 1 aromatic rings. The van der Waals surface area contributed by atoms with Crippen LogP contribution in [-0.4, -0.2) is 29.3 Å². The van der Waals surface area contributed by atoms with Crippen LogP contribution in [0.5, 0.6) is 0 Å². The number of aliphatic hydroxyl groups excluding tert-OH is 1. The lowest BCUT2D eigenvalue weighted by atomic mass is 10.0. The molecule has 78 valence electrons. The molecular weight excluding hydrogens is 178 g/mol. The van der Waals surface area contributed by atoms with Crippen molar-refractivity contribution in [1.82, 2.24) is 4.98 Å². The summed E-state index contributed by atoms with van der Waals surface area (Å²) in [6.07, 6.45) is 1.70. The summed E-state index contributed by atoms with van der Waals surface area (Å²) in [5, 5.41) is 9.19. The molecule has 14 heavy (non-hydrogen) atoms. The highest BCUT2D eigenvalue weighted by Gasteiger charge is 2.22. The molecule has 0 aliphatic carbocycles. The molecule has 4 nitrogen and oxygen atoms in total. The van der Waals surface area contributed by atoms with Crippen LogP contribution in [0.2, 0.25) is 0 Å². The number of hydrogen-bond donors (Lipinski definition) is 2. The van der Waals surface area contributed by atoms with E-state index in [9.17, 15) is 5.11 Å². The number of rotatable bonds is 3. The largest absolute Gasteiger partial charge is 0.394 e. The lowest BCUT2D eigenvalue weighted by molar-refractivity contribution is 0.216. The first-order valence-electron chi connectivity index (χ1n) is 4.53. The normalized spacial score (nSPS) is 11.4. The van der Waals surface area contributed by atoms with E-state index in [0.717, 1.165) is 5.69 Å². The minimum Gasteiger partial charge on any atom is -0.394 e.